The molecule has 4 heterocycles. The van der Waals surface area contributed by atoms with Gasteiger partial charge in [0, 0.05) is 33.5 Å². The van der Waals surface area contributed by atoms with E-state index in [4.69, 9.17) is 14.7 Å². The van der Waals surface area contributed by atoms with Gasteiger partial charge in [0.05, 0.1) is 28.1 Å². The average Bonchev–Trinajstić information content (AvgIpc) is 3.36. The minimum Gasteiger partial charge on any atom is -0.439 e. The lowest BCUT2D eigenvalue weighted by molar-refractivity contribution is 0.464. The van der Waals surface area contributed by atoms with Crippen LogP contribution in [0.1, 0.15) is 0 Å². The smallest absolute Gasteiger partial charge is 0.219 e. The number of ether oxygens (including phenoxy) is 1. The first-order valence-corrected chi connectivity index (χ1v) is 12.7. The molecule has 4 nitrogen and oxygen atoms in total. The van der Waals surface area contributed by atoms with Gasteiger partial charge < -0.3 is 9.72 Å². The number of hydrogen-bond acceptors (Lipinski definition) is 3. The lowest BCUT2D eigenvalue weighted by Crippen LogP contribution is -1.93. The summed E-state index contributed by atoms with van der Waals surface area (Å²) in [5, 5.41) is 2.33. The highest BCUT2D eigenvalue weighted by molar-refractivity contribution is 6.15. The molecule has 0 saturated heterocycles. The van der Waals surface area contributed by atoms with E-state index in [9.17, 15) is 0 Å². The summed E-state index contributed by atoms with van der Waals surface area (Å²) in [7, 11) is 0. The Hall–Kier alpha value is -5.22. The lowest BCUT2D eigenvalue weighted by Gasteiger charge is -2.13. The number of aromatic nitrogens is 3. The first-order chi connectivity index (χ1) is 18.8. The molecule has 0 spiro atoms. The SMILES string of the molecule is c1ccc(-c2cc3cc(c2)-c2cccc(n2)-c2cccc4c2[nH]c2c(cccc24)-c2cccc(n2)O3)cc1. The van der Waals surface area contributed by atoms with Gasteiger partial charge in [0.25, 0.3) is 0 Å². The largest absolute Gasteiger partial charge is 0.439 e. The van der Waals surface area contributed by atoms with E-state index in [-0.39, 0.29) is 0 Å². The number of hydrogen-bond donors (Lipinski definition) is 1. The first kappa shape index (κ1) is 20.9. The van der Waals surface area contributed by atoms with Gasteiger partial charge in [-0.1, -0.05) is 78.9 Å². The van der Waals surface area contributed by atoms with Gasteiger partial charge in [0.2, 0.25) is 5.88 Å². The highest BCUT2D eigenvalue weighted by Gasteiger charge is 2.16. The zero-order chi connectivity index (χ0) is 25.1. The van der Waals surface area contributed by atoms with Gasteiger partial charge in [-0.15, -0.1) is 0 Å². The van der Waals surface area contributed by atoms with Crippen molar-refractivity contribution in [1.82, 2.24) is 15.0 Å². The number of aromatic amines is 1. The van der Waals surface area contributed by atoms with E-state index in [0.29, 0.717) is 5.88 Å². The zero-order valence-corrected chi connectivity index (χ0v) is 20.3. The van der Waals surface area contributed by atoms with Gasteiger partial charge in [-0.05, 0) is 47.5 Å². The Morgan fingerprint density at radius 3 is 1.87 bits per heavy atom. The second kappa shape index (κ2) is 8.15. The van der Waals surface area contributed by atoms with Crippen LogP contribution in [0.25, 0.3) is 66.7 Å². The summed E-state index contributed by atoms with van der Waals surface area (Å²) >= 11 is 0. The number of H-pyrrole nitrogens is 1. The number of pyridine rings is 2. The zero-order valence-electron chi connectivity index (χ0n) is 20.3. The topological polar surface area (TPSA) is 50.8 Å². The van der Waals surface area contributed by atoms with Crippen molar-refractivity contribution in [3.05, 3.63) is 121 Å². The van der Waals surface area contributed by atoms with Gasteiger partial charge in [-0.2, -0.15) is 0 Å². The Morgan fingerprint density at radius 1 is 0.474 bits per heavy atom. The summed E-state index contributed by atoms with van der Waals surface area (Å²) < 4.78 is 6.41. The lowest BCUT2D eigenvalue weighted by atomic mass is 10.00. The predicted octanol–water partition coefficient (Wildman–Crippen LogP) is 8.88. The van der Waals surface area contributed by atoms with Crippen LogP contribution in [0.2, 0.25) is 0 Å². The van der Waals surface area contributed by atoms with Crippen molar-refractivity contribution in [2.24, 2.45) is 0 Å². The second-order valence-corrected chi connectivity index (χ2v) is 9.56. The molecule has 7 aromatic rings. The molecular weight excluding hydrogens is 466 g/mol. The van der Waals surface area contributed by atoms with E-state index in [1.807, 2.05) is 42.5 Å². The summed E-state index contributed by atoms with van der Waals surface area (Å²) in [6, 6.07) is 41.5. The van der Waals surface area contributed by atoms with Crippen LogP contribution in [0, 0.1) is 0 Å². The molecule has 0 saturated carbocycles. The molecule has 0 fully saturated rings. The molecule has 0 aliphatic carbocycles. The van der Waals surface area contributed by atoms with E-state index in [2.05, 4.69) is 83.8 Å². The summed E-state index contributed by atoms with van der Waals surface area (Å²) in [6.07, 6.45) is 0. The second-order valence-electron chi connectivity index (χ2n) is 9.56. The first-order valence-electron chi connectivity index (χ1n) is 12.7. The Kier molecular flexibility index (Phi) is 4.49. The number of rotatable bonds is 1. The Labute approximate surface area is 219 Å². The van der Waals surface area contributed by atoms with Crippen LogP contribution in [-0.2, 0) is 0 Å². The third-order valence-electron chi connectivity index (χ3n) is 7.23. The minimum atomic E-state index is 0.545. The standard InChI is InChI=1S/C34H21N3O/c1-2-8-21(9-3-1)22-18-23-20-24(19-22)38-32-17-7-16-31(36-32)28-13-5-11-26-25-10-4-12-27(33(25)37-34(26)28)30-15-6-14-29(23)35-30/h1-20,37H. The number of fused-ring (bicyclic) bond motifs is 10. The molecule has 8 bridgehead atoms. The molecule has 3 aromatic heterocycles. The van der Waals surface area contributed by atoms with Crippen molar-refractivity contribution >= 4 is 21.8 Å². The van der Waals surface area contributed by atoms with Gasteiger partial charge in [-0.25, -0.2) is 9.97 Å². The number of para-hydroxylation sites is 2. The molecule has 1 aliphatic rings. The van der Waals surface area contributed by atoms with Crippen molar-refractivity contribution in [2.75, 3.05) is 0 Å². The quantitative estimate of drug-likeness (QED) is 0.251. The third kappa shape index (κ3) is 3.31. The monoisotopic (exact) mass is 487 g/mol. The summed E-state index contributed by atoms with van der Waals surface area (Å²) in [4.78, 5) is 13.8. The molecule has 1 N–H and O–H groups in total. The van der Waals surface area contributed by atoms with Gasteiger partial charge >= 0.3 is 0 Å². The molecule has 4 aromatic carbocycles. The van der Waals surface area contributed by atoms with Gasteiger partial charge in [-0.3, -0.25) is 0 Å². The highest BCUT2D eigenvalue weighted by Crippen LogP contribution is 2.39. The summed E-state index contributed by atoms with van der Waals surface area (Å²) in [5.74, 6) is 1.26. The molecule has 178 valence electrons. The summed E-state index contributed by atoms with van der Waals surface area (Å²) in [6.45, 7) is 0. The fourth-order valence-corrected chi connectivity index (χ4v) is 5.47. The van der Waals surface area contributed by atoms with Crippen LogP contribution in [0.3, 0.4) is 0 Å². The van der Waals surface area contributed by atoms with Crippen molar-refractivity contribution in [1.29, 1.82) is 0 Å². The molecule has 0 amide bonds. The third-order valence-corrected chi connectivity index (χ3v) is 7.23. The molecule has 0 atom stereocenters. The Morgan fingerprint density at radius 2 is 1.11 bits per heavy atom. The predicted molar refractivity (Wildman–Crippen MR) is 153 cm³/mol. The number of nitrogens with zero attached hydrogens (tertiary/aromatic N) is 2. The van der Waals surface area contributed by atoms with Gasteiger partial charge in [0.1, 0.15) is 5.75 Å². The molecule has 0 radical (unpaired) electrons. The minimum absolute atomic E-state index is 0.545. The maximum absolute atomic E-state index is 6.41. The number of nitrogens with one attached hydrogen (secondary N) is 1. The van der Waals surface area contributed by atoms with E-state index >= 15 is 0 Å². The van der Waals surface area contributed by atoms with E-state index < -0.39 is 0 Å². The average molecular weight is 488 g/mol. The molecule has 38 heavy (non-hydrogen) atoms. The van der Waals surface area contributed by atoms with Crippen molar-refractivity contribution in [3.8, 4) is 56.5 Å². The van der Waals surface area contributed by atoms with E-state index in [1.54, 1.807) is 0 Å². The molecule has 8 rings (SSSR count). The van der Waals surface area contributed by atoms with Crippen molar-refractivity contribution < 1.29 is 4.74 Å². The molecule has 4 heteroatoms. The molecule has 1 aliphatic heterocycles. The maximum atomic E-state index is 6.41. The van der Waals surface area contributed by atoms with Crippen LogP contribution < -0.4 is 4.74 Å². The van der Waals surface area contributed by atoms with Crippen molar-refractivity contribution in [3.63, 3.8) is 0 Å². The van der Waals surface area contributed by atoms with Crippen LogP contribution in [0.4, 0.5) is 0 Å². The fourth-order valence-electron chi connectivity index (χ4n) is 5.47. The van der Waals surface area contributed by atoms with Crippen molar-refractivity contribution in [2.45, 2.75) is 0 Å². The van der Waals surface area contributed by atoms with E-state index in [0.717, 1.165) is 67.1 Å². The van der Waals surface area contributed by atoms with Crippen LogP contribution in [0.15, 0.2) is 121 Å². The normalized spacial score (nSPS) is 11.9. The van der Waals surface area contributed by atoms with E-state index in [1.165, 1.54) is 5.39 Å². The highest BCUT2D eigenvalue weighted by atomic mass is 16.5. The maximum Gasteiger partial charge on any atom is 0.219 e. The fraction of sp³-hybridized carbons (Fsp3) is 0. The Bertz CT molecular complexity index is 2010. The van der Waals surface area contributed by atoms with Crippen LogP contribution >= 0.6 is 0 Å². The number of benzene rings is 4. The summed E-state index contributed by atoms with van der Waals surface area (Å²) in [5.41, 5.74) is 10.0. The Balaban J connectivity index is 1.46. The molecule has 0 unspecified atom stereocenters. The van der Waals surface area contributed by atoms with Crippen LogP contribution in [-0.4, -0.2) is 15.0 Å². The molecular formula is C34H21N3O. The van der Waals surface area contributed by atoms with Gasteiger partial charge in [0.15, 0.2) is 0 Å². The van der Waals surface area contributed by atoms with Crippen LogP contribution in [0.5, 0.6) is 11.6 Å².